The summed E-state index contributed by atoms with van der Waals surface area (Å²) in [4.78, 5) is 27.4. The summed E-state index contributed by atoms with van der Waals surface area (Å²) < 4.78 is 12.7. The normalized spacial score (nSPS) is 10.9. The van der Waals surface area contributed by atoms with Crippen molar-refractivity contribution in [2.75, 3.05) is 0 Å². The summed E-state index contributed by atoms with van der Waals surface area (Å²) >= 11 is 0. The first-order valence-electron chi connectivity index (χ1n) is 39.4. The van der Waals surface area contributed by atoms with Crippen LogP contribution < -0.4 is 27.4 Å². The largest absolute Gasteiger partial charge is 0.296 e. The third-order valence-corrected chi connectivity index (χ3v) is 21.7. The molecule has 0 amide bonds. The van der Waals surface area contributed by atoms with Crippen molar-refractivity contribution in [2.45, 2.75) is 89.0 Å². The zero-order valence-electron chi connectivity index (χ0n) is 69.7. The molecule has 570 valence electrons. The first-order chi connectivity index (χ1) is 55.6. The average molecular weight is 1510 g/mol. The number of aromatic nitrogens is 12. The van der Waals surface area contributed by atoms with Crippen LogP contribution >= 0.6 is 0 Å². The summed E-state index contributed by atoms with van der Waals surface area (Å²) in [6, 6.07) is 93.2. The fourth-order valence-electron chi connectivity index (χ4n) is 15.4. The van der Waals surface area contributed by atoms with Gasteiger partial charge in [0.05, 0.1) is 74.6 Å². The number of aryl methyl sites for hydroxylation is 15. The van der Waals surface area contributed by atoms with Gasteiger partial charge in [-0.25, -0.2) is 27.4 Å². The molecule has 0 spiro atoms. The van der Waals surface area contributed by atoms with Gasteiger partial charge in [0.25, 0.3) is 37.5 Å². The van der Waals surface area contributed by atoms with Gasteiger partial charge in [0.2, 0.25) is 0 Å². The van der Waals surface area contributed by atoms with Crippen LogP contribution in [-0.2, 0) is 42.3 Å². The predicted molar refractivity (Wildman–Crippen MR) is 472 cm³/mol. The van der Waals surface area contributed by atoms with Crippen molar-refractivity contribution < 1.29 is 27.4 Å². The maximum Gasteiger partial charge on any atom is 0.296 e. The fraction of sp³-hybridized carbons (Fsp3) is 0.184. The van der Waals surface area contributed by atoms with Crippen LogP contribution in [0.3, 0.4) is 0 Å². The van der Waals surface area contributed by atoms with Crippen LogP contribution in [0.15, 0.2) is 299 Å². The Balaban J connectivity index is 0.000000120. The molecule has 12 aromatic carbocycles. The third kappa shape index (κ3) is 17.4. The summed E-state index contributed by atoms with van der Waals surface area (Å²) in [6.45, 7) is 25.7. The molecule has 18 rings (SSSR count). The maximum absolute atomic E-state index is 4.68. The van der Waals surface area contributed by atoms with Crippen molar-refractivity contribution in [1.29, 1.82) is 0 Å². The van der Waals surface area contributed by atoms with Gasteiger partial charge in [0.15, 0.2) is 33.1 Å². The second-order valence-corrected chi connectivity index (χ2v) is 30.4. The molecule has 6 aromatic heterocycles. The van der Waals surface area contributed by atoms with E-state index in [1.54, 1.807) is 0 Å². The lowest BCUT2D eigenvalue weighted by atomic mass is 9.96. The molecule has 0 aliphatic carbocycles. The molecule has 12 heteroatoms. The van der Waals surface area contributed by atoms with Crippen LogP contribution in [0.5, 0.6) is 0 Å². The molecule has 0 atom stereocenters. The summed E-state index contributed by atoms with van der Waals surface area (Å²) in [6.07, 6.45) is 9.49. The Hall–Kier alpha value is -13.3. The Morgan fingerprint density at radius 1 is 0.235 bits per heavy atom. The van der Waals surface area contributed by atoms with Crippen molar-refractivity contribution in [3.8, 4) is 67.5 Å². The summed E-state index contributed by atoms with van der Waals surface area (Å²) in [7, 11) is 12.3. The molecule has 0 aliphatic heterocycles. The molecule has 0 saturated carbocycles. The minimum Gasteiger partial charge on any atom is -0.232 e. The number of hydrogen-bond acceptors (Lipinski definition) is 6. The van der Waals surface area contributed by atoms with Gasteiger partial charge in [-0.05, 0) is 198 Å². The van der Waals surface area contributed by atoms with Gasteiger partial charge < -0.3 is 0 Å². The minimum absolute atomic E-state index is 0.471. The molecule has 115 heavy (non-hydrogen) atoms. The highest BCUT2D eigenvalue weighted by Crippen LogP contribution is 2.35. The molecule has 0 radical (unpaired) electrons. The monoisotopic (exact) mass is 1510 g/mol. The van der Waals surface area contributed by atoms with Crippen LogP contribution in [0.2, 0.25) is 0 Å². The van der Waals surface area contributed by atoms with Crippen LogP contribution in [0.25, 0.3) is 133 Å². The van der Waals surface area contributed by atoms with Crippen molar-refractivity contribution >= 4 is 65.4 Å². The summed E-state index contributed by atoms with van der Waals surface area (Å²) in [5.41, 5.74) is 34.1. The van der Waals surface area contributed by atoms with Gasteiger partial charge in [-0.2, -0.15) is 0 Å². The van der Waals surface area contributed by atoms with Gasteiger partial charge >= 0.3 is 0 Å². The number of fused-ring (bicyclic) bond motifs is 6. The molecule has 12 nitrogen and oxygen atoms in total. The minimum atomic E-state index is 0.471. The lowest BCUT2D eigenvalue weighted by Gasteiger charge is -2.11. The van der Waals surface area contributed by atoms with E-state index in [9.17, 15) is 0 Å². The Morgan fingerprint density at radius 2 is 0.539 bits per heavy atom. The molecular weight excluding hydrogens is 1410 g/mol. The Kier molecular flexibility index (Phi) is 24.7. The van der Waals surface area contributed by atoms with Crippen LogP contribution in [0, 0.1) is 69.2 Å². The topological polar surface area (TPSA) is 101 Å². The van der Waals surface area contributed by atoms with Crippen molar-refractivity contribution in [2.24, 2.45) is 42.3 Å². The first-order valence-corrected chi connectivity index (χ1v) is 39.4. The first kappa shape index (κ1) is 79.8. The van der Waals surface area contributed by atoms with E-state index in [-0.39, 0.29) is 0 Å². The quantitative estimate of drug-likeness (QED) is 0.147. The molecule has 0 fully saturated rings. The van der Waals surface area contributed by atoms with Gasteiger partial charge in [-0.1, -0.05) is 226 Å². The average Bonchev–Trinajstić information content (AvgIpc) is 0.833. The lowest BCUT2D eigenvalue weighted by Crippen LogP contribution is -2.36. The second kappa shape index (κ2) is 35.6. The number of para-hydroxylation sites is 4. The second-order valence-electron chi connectivity index (χ2n) is 30.4. The van der Waals surface area contributed by atoms with Gasteiger partial charge in [0, 0.05) is 51.4 Å². The van der Waals surface area contributed by atoms with E-state index >= 15 is 0 Å². The zero-order valence-corrected chi connectivity index (χ0v) is 69.7. The van der Waals surface area contributed by atoms with Gasteiger partial charge in [-0.15, -0.1) is 0 Å². The predicted octanol–water partition coefficient (Wildman–Crippen LogP) is 20.6. The van der Waals surface area contributed by atoms with E-state index < -0.39 is 0 Å². The Morgan fingerprint density at radius 3 is 0.991 bits per heavy atom. The SMILES string of the molecule is Cc1ccc2c(-c3ccccc3C)[n+](C)cnc2c1.Cc1ccc2nc[n+](C)c(-c3ccccc3C)c2c1.Cc1ccccc1-c1c2cccc(C(C)C)c2nc[n+]1C.Cc1ccccc1-c1c2cccc(C)c2nc[n+]1C.Cc1ccccc1-c1c2ccccc2nc(C)[n+]1C.Cc1ccccc1-c1c2ccccc2nc[n+]1C. The number of nitrogens with zero attached hydrogens (tertiary/aromatic N) is 12. The van der Waals surface area contributed by atoms with Crippen LogP contribution in [-0.4, -0.2) is 29.9 Å². The Labute approximate surface area is 677 Å². The number of benzene rings is 12. The molecule has 18 aromatic rings. The lowest BCUT2D eigenvalue weighted by molar-refractivity contribution is -0.668. The van der Waals surface area contributed by atoms with Crippen molar-refractivity contribution in [3.05, 3.63) is 360 Å². The molecule has 6 heterocycles. The van der Waals surface area contributed by atoms with E-state index in [2.05, 4.69) is 416 Å². The third-order valence-electron chi connectivity index (χ3n) is 21.7. The van der Waals surface area contributed by atoms with Crippen molar-refractivity contribution in [1.82, 2.24) is 29.9 Å². The molecular formula is C103H104N12+6. The highest BCUT2D eigenvalue weighted by Gasteiger charge is 2.24. The summed E-state index contributed by atoms with van der Waals surface area (Å²) in [5.74, 6) is 1.50. The van der Waals surface area contributed by atoms with E-state index in [1.165, 1.54) is 155 Å². The van der Waals surface area contributed by atoms with Gasteiger partial charge in [-0.3, -0.25) is 0 Å². The molecule has 0 aliphatic rings. The van der Waals surface area contributed by atoms with Crippen LogP contribution in [0.1, 0.15) is 81.2 Å². The highest BCUT2D eigenvalue weighted by atomic mass is 15.0. The smallest absolute Gasteiger partial charge is 0.232 e. The van der Waals surface area contributed by atoms with E-state index in [4.69, 9.17) is 0 Å². The van der Waals surface area contributed by atoms with Gasteiger partial charge in [0.1, 0.15) is 34.2 Å². The fourth-order valence-corrected chi connectivity index (χ4v) is 15.4. The molecule has 0 saturated heterocycles. The number of rotatable bonds is 7. The van der Waals surface area contributed by atoms with E-state index in [0.29, 0.717) is 5.92 Å². The maximum atomic E-state index is 4.68. The Bertz CT molecular complexity index is 6560. The van der Waals surface area contributed by atoms with E-state index in [0.717, 1.165) is 38.9 Å². The van der Waals surface area contributed by atoms with Crippen LogP contribution in [0.4, 0.5) is 0 Å². The molecule has 0 unspecified atom stereocenters. The molecule has 0 N–H and O–H groups in total. The van der Waals surface area contributed by atoms with Crippen molar-refractivity contribution in [3.63, 3.8) is 0 Å². The zero-order chi connectivity index (χ0) is 81.1. The van der Waals surface area contributed by atoms with E-state index in [1.807, 2.05) is 64.8 Å². The standard InChI is InChI=1S/C19H21N2.4C17H17N2.C16H15N2/c1-13(2)15-10-7-11-17-18(15)20-12-21(4)19(17)16-9-6-5-8-14(16)3;1-12-8-4-5-9-14(12)17-15-10-6-7-11-16(15)18-13(2)19(17)3;1-12-7-4-5-9-14(12)17-15-10-6-8-13(2)16(15)18-11-19(17)3;1-12-8-9-16-15(10-12)17(19(3)11-18-16)14-7-5-4-6-13(14)2;1-12-8-9-15-16(10-12)18-11-19(3)17(15)14-7-5-4-6-13(14)2;1-12-7-3-4-8-13(12)16-14-9-5-6-10-15(14)17-11-18(16)2/h5-13H,1-4H3;4*4-11H,1-3H3;3-11H,1-2H3/q6*+1. The molecule has 0 bridgehead atoms. The number of hydrogen-bond donors (Lipinski definition) is 0. The summed E-state index contributed by atoms with van der Waals surface area (Å²) in [5, 5.41) is 7.23. The highest BCUT2D eigenvalue weighted by molar-refractivity contribution is 5.97.